The predicted octanol–water partition coefficient (Wildman–Crippen LogP) is 3.07. The van der Waals surface area contributed by atoms with Gasteiger partial charge in [-0.3, -0.25) is 0 Å². The van der Waals surface area contributed by atoms with Crippen LogP contribution in [0, 0.1) is 0 Å². The number of halogens is 1. The fourth-order valence-corrected chi connectivity index (χ4v) is 1.43. The molecule has 0 aliphatic heterocycles. The molecule has 1 N–H and O–H groups in total. The van der Waals surface area contributed by atoms with Crippen LogP contribution in [-0.4, -0.2) is 17.4 Å². The summed E-state index contributed by atoms with van der Waals surface area (Å²) in [6, 6.07) is 0. The van der Waals surface area contributed by atoms with Gasteiger partial charge in [-0.05, 0) is 12.8 Å². The molecule has 0 spiro atoms. The van der Waals surface area contributed by atoms with Crippen molar-refractivity contribution in [3.63, 3.8) is 0 Å². The molecule has 1 nitrogen and oxygen atoms in total. The Morgan fingerprint density at radius 3 is 2.17 bits per heavy atom. The van der Waals surface area contributed by atoms with E-state index in [1.807, 2.05) is 6.92 Å². The molecule has 2 heteroatoms. The van der Waals surface area contributed by atoms with Gasteiger partial charge < -0.3 is 5.11 Å². The Bertz CT molecular complexity index is 106. The number of unbranched alkanes of at least 4 members (excludes halogenated alkanes) is 2. The van der Waals surface area contributed by atoms with E-state index in [1.54, 1.807) is 0 Å². The first-order chi connectivity index (χ1) is 5.68. The Kier molecular flexibility index (Phi) is 6.35. The maximum atomic E-state index is 12.4. The number of aliphatic hydroxyl groups is 1. The number of rotatable bonds is 7. The van der Waals surface area contributed by atoms with Crippen LogP contribution >= 0.6 is 0 Å². The molecule has 0 aromatic rings. The van der Waals surface area contributed by atoms with Gasteiger partial charge in [0.05, 0.1) is 5.60 Å². The Labute approximate surface area is 75.0 Å². The Morgan fingerprint density at radius 1 is 1.08 bits per heavy atom. The third-order valence-electron chi connectivity index (χ3n) is 2.21. The molecule has 0 amide bonds. The lowest BCUT2D eigenvalue weighted by Crippen LogP contribution is -2.30. The van der Waals surface area contributed by atoms with Crippen molar-refractivity contribution >= 4 is 0 Å². The van der Waals surface area contributed by atoms with Crippen molar-refractivity contribution in [3.8, 4) is 0 Å². The monoisotopic (exact) mass is 176 g/mol. The molecule has 0 radical (unpaired) electrons. The number of alkyl halides is 1. The zero-order chi connectivity index (χ0) is 9.45. The molecule has 0 aliphatic carbocycles. The van der Waals surface area contributed by atoms with Gasteiger partial charge in [-0.2, -0.15) is 0 Å². The van der Waals surface area contributed by atoms with Crippen LogP contribution in [0.25, 0.3) is 0 Å². The highest BCUT2D eigenvalue weighted by atomic mass is 19.1. The lowest BCUT2D eigenvalue weighted by Gasteiger charge is -2.23. The van der Waals surface area contributed by atoms with Crippen molar-refractivity contribution in [1.82, 2.24) is 0 Å². The van der Waals surface area contributed by atoms with E-state index >= 15 is 0 Å². The number of hydrogen-bond acceptors (Lipinski definition) is 1. The molecule has 0 rings (SSSR count). The van der Waals surface area contributed by atoms with Gasteiger partial charge in [0, 0.05) is 0 Å². The largest absolute Gasteiger partial charge is 0.387 e. The van der Waals surface area contributed by atoms with Crippen LogP contribution in [0.2, 0.25) is 0 Å². The average Bonchev–Trinajstić information content (AvgIpc) is 2.06. The SMILES string of the molecule is CCCCCC(O)(CF)CCC. The second kappa shape index (κ2) is 6.41. The molecular formula is C10H21FO. The second-order valence-corrected chi connectivity index (χ2v) is 3.57. The van der Waals surface area contributed by atoms with Gasteiger partial charge in [0.25, 0.3) is 0 Å². The van der Waals surface area contributed by atoms with Crippen LogP contribution in [0.1, 0.15) is 52.4 Å². The molecule has 0 bridgehead atoms. The summed E-state index contributed by atoms with van der Waals surface area (Å²) in [7, 11) is 0. The molecule has 1 atom stereocenters. The van der Waals surface area contributed by atoms with E-state index in [9.17, 15) is 9.50 Å². The molecular weight excluding hydrogens is 155 g/mol. The Hall–Kier alpha value is -0.110. The van der Waals surface area contributed by atoms with E-state index in [0.717, 1.165) is 25.7 Å². The summed E-state index contributed by atoms with van der Waals surface area (Å²) >= 11 is 0. The topological polar surface area (TPSA) is 20.2 Å². The number of hydrogen-bond donors (Lipinski definition) is 1. The molecule has 0 aromatic carbocycles. The molecule has 0 saturated heterocycles. The van der Waals surface area contributed by atoms with Gasteiger partial charge in [0.1, 0.15) is 6.67 Å². The average molecular weight is 176 g/mol. The Balaban J connectivity index is 3.63. The van der Waals surface area contributed by atoms with Gasteiger partial charge in [0.2, 0.25) is 0 Å². The van der Waals surface area contributed by atoms with Gasteiger partial charge in [-0.15, -0.1) is 0 Å². The summed E-state index contributed by atoms with van der Waals surface area (Å²) in [6.45, 7) is 3.49. The first kappa shape index (κ1) is 11.9. The third kappa shape index (κ3) is 4.70. The smallest absolute Gasteiger partial charge is 0.118 e. The standard InChI is InChI=1S/C10H21FO/c1-3-5-6-8-10(12,9-11)7-4-2/h12H,3-9H2,1-2H3. The minimum absolute atomic E-state index is 0.590. The fraction of sp³-hybridized carbons (Fsp3) is 1.00. The van der Waals surface area contributed by atoms with Crippen LogP contribution < -0.4 is 0 Å². The minimum Gasteiger partial charge on any atom is -0.387 e. The first-order valence-electron chi connectivity index (χ1n) is 4.97. The van der Waals surface area contributed by atoms with Gasteiger partial charge in [-0.1, -0.05) is 39.5 Å². The summed E-state index contributed by atoms with van der Waals surface area (Å²) < 4.78 is 12.4. The Morgan fingerprint density at radius 2 is 1.75 bits per heavy atom. The van der Waals surface area contributed by atoms with Crippen LogP contribution in [0.15, 0.2) is 0 Å². The van der Waals surface area contributed by atoms with E-state index in [4.69, 9.17) is 0 Å². The van der Waals surface area contributed by atoms with Crippen LogP contribution in [0.4, 0.5) is 4.39 Å². The zero-order valence-electron chi connectivity index (χ0n) is 8.27. The van der Waals surface area contributed by atoms with E-state index in [1.165, 1.54) is 0 Å². The normalized spacial score (nSPS) is 16.0. The predicted molar refractivity (Wildman–Crippen MR) is 50.0 cm³/mol. The fourth-order valence-electron chi connectivity index (χ4n) is 1.43. The van der Waals surface area contributed by atoms with Crippen LogP contribution in [0.3, 0.4) is 0 Å². The van der Waals surface area contributed by atoms with Crippen molar-refractivity contribution < 1.29 is 9.50 Å². The molecule has 0 aliphatic rings. The minimum atomic E-state index is -1.02. The maximum absolute atomic E-state index is 12.4. The van der Waals surface area contributed by atoms with Gasteiger partial charge in [0.15, 0.2) is 0 Å². The highest BCUT2D eigenvalue weighted by Crippen LogP contribution is 2.21. The van der Waals surface area contributed by atoms with Crippen molar-refractivity contribution in [3.05, 3.63) is 0 Å². The summed E-state index contributed by atoms with van der Waals surface area (Å²) in [4.78, 5) is 0. The summed E-state index contributed by atoms with van der Waals surface area (Å²) in [5.74, 6) is 0. The third-order valence-corrected chi connectivity index (χ3v) is 2.21. The van der Waals surface area contributed by atoms with E-state index in [2.05, 4.69) is 6.92 Å². The van der Waals surface area contributed by atoms with Crippen molar-refractivity contribution in [2.24, 2.45) is 0 Å². The summed E-state index contributed by atoms with van der Waals surface area (Å²) in [5.41, 5.74) is -1.02. The molecule has 0 saturated carbocycles. The zero-order valence-corrected chi connectivity index (χ0v) is 8.27. The van der Waals surface area contributed by atoms with Gasteiger partial charge >= 0.3 is 0 Å². The first-order valence-corrected chi connectivity index (χ1v) is 4.97. The molecule has 0 heterocycles. The van der Waals surface area contributed by atoms with Crippen LogP contribution in [0.5, 0.6) is 0 Å². The lowest BCUT2D eigenvalue weighted by atomic mass is 9.93. The molecule has 0 aromatic heterocycles. The quantitative estimate of drug-likeness (QED) is 0.591. The molecule has 74 valence electrons. The van der Waals surface area contributed by atoms with E-state index in [-0.39, 0.29) is 0 Å². The summed E-state index contributed by atoms with van der Waals surface area (Å²) in [6.07, 6.45) is 5.21. The van der Waals surface area contributed by atoms with Crippen LogP contribution in [-0.2, 0) is 0 Å². The van der Waals surface area contributed by atoms with Crippen molar-refractivity contribution in [2.45, 2.75) is 58.0 Å². The highest BCUT2D eigenvalue weighted by Gasteiger charge is 2.24. The highest BCUT2D eigenvalue weighted by molar-refractivity contribution is 4.76. The molecule has 12 heavy (non-hydrogen) atoms. The molecule has 1 unspecified atom stereocenters. The maximum Gasteiger partial charge on any atom is 0.118 e. The van der Waals surface area contributed by atoms with E-state index < -0.39 is 12.3 Å². The summed E-state index contributed by atoms with van der Waals surface area (Å²) in [5, 5.41) is 9.67. The second-order valence-electron chi connectivity index (χ2n) is 3.57. The van der Waals surface area contributed by atoms with Gasteiger partial charge in [-0.25, -0.2) is 4.39 Å². The van der Waals surface area contributed by atoms with Crippen molar-refractivity contribution in [1.29, 1.82) is 0 Å². The van der Waals surface area contributed by atoms with Crippen molar-refractivity contribution in [2.75, 3.05) is 6.67 Å². The molecule has 0 fully saturated rings. The van der Waals surface area contributed by atoms with E-state index in [0.29, 0.717) is 12.8 Å². The lowest BCUT2D eigenvalue weighted by molar-refractivity contribution is -0.00310.